The number of unbranched alkanes of at least 4 members (excludes halogenated alkanes) is 1. The van der Waals surface area contributed by atoms with Gasteiger partial charge in [-0.15, -0.1) is 0 Å². The number of hydrogen-bond donors (Lipinski definition) is 1. The number of likely N-dealkylation sites (tertiary alicyclic amines) is 1. The molecule has 1 spiro atoms. The van der Waals surface area contributed by atoms with E-state index < -0.39 is 6.10 Å². The molecule has 2 bridgehead atoms. The number of nitrogens with zero attached hydrogens (tertiary/aromatic N) is 1. The summed E-state index contributed by atoms with van der Waals surface area (Å²) in [7, 11) is 2.23. The summed E-state index contributed by atoms with van der Waals surface area (Å²) in [6.07, 6.45) is 7.75. The van der Waals surface area contributed by atoms with Crippen molar-refractivity contribution >= 4 is 0 Å². The molecule has 2 aliphatic carbocycles. The van der Waals surface area contributed by atoms with Crippen molar-refractivity contribution in [1.82, 2.24) is 4.90 Å². The lowest BCUT2D eigenvalue weighted by Crippen LogP contribution is -2.64. The Morgan fingerprint density at radius 2 is 2.24 bits per heavy atom. The molecule has 4 heteroatoms. The van der Waals surface area contributed by atoms with Crippen LogP contribution >= 0.6 is 0 Å². The quantitative estimate of drug-likeness (QED) is 0.675. The van der Waals surface area contributed by atoms with Crippen molar-refractivity contribution in [1.29, 1.82) is 0 Å². The molecule has 5 atom stereocenters. The van der Waals surface area contributed by atoms with E-state index in [4.69, 9.17) is 9.47 Å². The maximum Gasteiger partial charge on any atom is 0.165 e. The van der Waals surface area contributed by atoms with Gasteiger partial charge in [0.25, 0.3) is 0 Å². The molecule has 1 fully saturated rings. The van der Waals surface area contributed by atoms with Crippen LogP contribution in [0.25, 0.3) is 0 Å². The van der Waals surface area contributed by atoms with Gasteiger partial charge in [0.1, 0.15) is 12.2 Å². The lowest BCUT2D eigenvalue weighted by molar-refractivity contribution is -0.0454. The zero-order valence-corrected chi connectivity index (χ0v) is 15.1. The van der Waals surface area contributed by atoms with Crippen LogP contribution in [-0.4, -0.2) is 48.5 Å². The first-order chi connectivity index (χ1) is 12.2. The van der Waals surface area contributed by atoms with E-state index in [1.54, 1.807) is 0 Å². The molecule has 4 aliphatic rings. The Kier molecular flexibility index (Phi) is 3.45. The second-order valence-corrected chi connectivity index (χ2v) is 8.11. The molecular weight excluding hydrogens is 314 g/mol. The number of ether oxygens (including phenoxy) is 2. The summed E-state index contributed by atoms with van der Waals surface area (Å²) >= 11 is 0. The van der Waals surface area contributed by atoms with Gasteiger partial charge in [-0.05, 0) is 44.5 Å². The SMILES string of the molecule is CCCCOc1ccc2c3c1OC1C(O)C=CC4C(C2)N(C)CCC341. The van der Waals surface area contributed by atoms with Crippen molar-refractivity contribution in [2.45, 2.75) is 56.3 Å². The van der Waals surface area contributed by atoms with E-state index in [1.165, 1.54) is 11.1 Å². The Bertz CT molecular complexity index is 730. The summed E-state index contributed by atoms with van der Waals surface area (Å²) in [5, 5.41) is 10.7. The lowest BCUT2D eigenvalue weighted by Gasteiger charge is -2.56. The third-order valence-electron chi connectivity index (χ3n) is 6.89. The van der Waals surface area contributed by atoms with Crippen molar-refractivity contribution in [3.8, 4) is 11.5 Å². The first-order valence-electron chi connectivity index (χ1n) is 9.69. The highest BCUT2D eigenvalue weighted by Crippen LogP contribution is 2.62. The molecule has 5 rings (SSSR count). The normalized spacial score (nSPS) is 37.6. The number of aliphatic hydroxyl groups excluding tert-OH is 1. The number of hydrogen-bond acceptors (Lipinski definition) is 4. The molecule has 1 aromatic rings. The molecule has 5 unspecified atom stereocenters. The van der Waals surface area contributed by atoms with Gasteiger partial charge in [0.05, 0.1) is 6.61 Å². The fourth-order valence-electron chi connectivity index (χ4n) is 5.67. The van der Waals surface area contributed by atoms with Gasteiger partial charge >= 0.3 is 0 Å². The number of rotatable bonds is 4. The summed E-state index contributed by atoms with van der Waals surface area (Å²) in [6, 6.07) is 4.81. The van der Waals surface area contributed by atoms with Crippen LogP contribution < -0.4 is 9.47 Å². The monoisotopic (exact) mass is 341 g/mol. The van der Waals surface area contributed by atoms with Crippen LogP contribution in [0.15, 0.2) is 24.3 Å². The molecule has 0 radical (unpaired) electrons. The third-order valence-corrected chi connectivity index (χ3v) is 6.89. The highest BCUT2D eigenvalue weighted by atomic mass is 16.5. The molecule has 2 aliphatic heterocycles. The average molecular weight is 341 g/mol. The van der Waals surface area contributed by atoms with Gasteiger partial charge in [-0.1, -0.05) is 31.6 Å². The fourth-order valence-corrected chi connectivity index (χ4v) is 5.67. The van der Waals surface area contributed by atoms with E-state index in [2.05, 4.69) is 37.1 Å². The molecule has 4 nitrogen and oxygen atoms in total. The van der Waals surface area contributed by atoms with Crippen molar-refractivity contribution in [3.63, 3.8) is 0 Å². The average Bonchev–Trinajstić information content (AvgIpc) is 2.96. The molecule has 0 saturated carbocycles. The minimum absolute atomic E-state index is 0.0849. The molecule has 1 N–H and O–H groups in total. The van der Waals surface area contributed by atoms with Crippen molar-refractivity contribution < 1.29 is 14.6 Å². The Balaban J connectivity index is 1.66. The lowest BCUT2D eigenvalue weighted by atomic mass is 9.53. The molecule has 1 aromatic carbocycles. The van der Waals surface area contributed by atoms with E-state index in [9.17, 15) is 5.11 Å². The molecule has 0 aromatic heterocycles. The molecule has 25 heavy (non-hydrogen) atoms. The van der Waals surface area contributed by atoms with E-state index in [0.29, 0.717) is 12.0 Å². The van der Waals surface area contributed by atoms with Crippen LogP contribution in [0.2, 0.25) is 0 Å². The van der Waals surface area contributed by atoms with Crippen LogP contribution in [-0.2, 0) is 11.8 Å². The van der Waals surface area contributed by atoms with Gasteiger partial charge in [0.15, 0.2) is 11.5 Å². The predicted molar refractivity (Wildman–Crippen MR) is 96.3 cm³/mol. The Morgan fingerprint density at radius 1 is 1.36 bits per heavy atom. The molecular formula is C21H27NO3. The zero-order valence-electron chi connectivity index (χ0n) is 15.1. The minimum atomic E-state index is -0.540. The van der Waals surface area contributed by atoms with E-state index in [0.717, 1.165) is 50.3 Å². The number of aliphatic hydroxyl groups is 1. The fraction of sp³-hybridized carbons (Fsp3) is 0.619. The van der Waals surface area contributed by atoms with Gasteiger partial charge in [-0.3, -0.25) is 0 Å². The van der Waals surface area contributed by atoms with Crippen LogP contribution in [0.1, 0.15) is 37.3 Å². The third kappa shape index (κ3) is 1.95. The summed E-state index contributed by atoms with van der Waals surface area (Å²) in [6.45, 7) is 3.95. The summed E-state index contributed by atoms with van der Waals surface area (Å²) in [5.74, 6) is 2.19. The Hall–Kier alpha value is -1.52. The minimum Gasteiger partial charge on any atom is -0.490 e. The highest BCUT2D eigenvalue weighted by molar-refractivity contribution is 5.62. The molecule has 0 amide bonds. The smallest absolute Gasteiger partial charge is 0.165 e. The summed E-state index contributed by atoms with van der Waals surface area (Å²) in [4.78, 5) is 2.49. The maximum atomic E-state index is 10.7. The molecule has 134 valence electrons. The van der Waals surface area contributed by atoms with Crippen molar-refractivity contribution in [2.75, 3.05) is 20.2 Å². The number of piperidine rings is 1. The van der Waals surface area contributed by atoms with Gasteiger partial charge in [0, 0.05) is 22.9 Å². The zero-order chi connectivity index (χ0) is 17.2. The van der Waals surface area contributed by atoms with Gasteiger partial charge < -0.3 is 19.5 Å². The first-order valence-corrected chi connectivity index (χ1v) is 9.69. The first kappa shape index (κ1) is 15.7. The van der Waals surface area contributed by atoms with Crippen LogP contribution in [0, 0.1) is 5.92 Å². The highest BCUT2D eigenvalue weighted by Gasteiger charge is 2.64. The Morgan fingerprint density at radius 3 is 3.08 bits per heavy atom. The van der Waals surface area contributed by atoms with Gasteiger partial charge in [-0.2, -0.15) is 0 Å². The van der Waals surface area contributed by atoms with Crippen molar-refractivity contribution in [2.24, 2.45) is 5.92 Å². The van der Waals surface area contributed by atoms with Crippen LogP contribution in [0.4, 0.5) is 0 Å². The number of benzene rings is 1. The van der Waals surface area contributed by atoms with Crippen LogP contribution in [0.3, 0.4) is 0 Å². The summed E-state index contributed by atoms with van der Waals surface area (Å²) < 4.78 is 12.5. The molecule has 1 saturated heterocycles. The van der Waals surface area contributed by atoms with Crippen molar-refractivity contribution in [3.05, 3.63) is 35.4 Å². The number of likely N-dealkylation sites (N-methyl/N-ethyl adjacent to an activating group) is 1. The maximum absolute atomic E-state index is 10.7. The van der Waals surface area contributed by atoms with E-state index in [-0.39, 0.29) is 11.5 Å². The van der Waals surface area contributed by atoms with Crippen LogP contribution in [0.5, 0.6) is 11.5 Å². The van der Waals surface area contributed by atoms with E-state index >= 15 is 0 Å². The second-order valence-electron chi connectivity index (χ2n) is 8.11. The second kappa shape index (κ2) is 5.49. The van der Waals surface area contributed by atoms with E-state index in [1.807, 2.05) is 6.08 Å². The largest absolute Gasteiger partial charge is 0.490 e. The molecule has 2 heterocycles. The Labute approximate surface area is 149 Å². The van der Waals surface area contributed by atoms with Gasteiger partial charge in [-0.25, -0.2) is 0 Å². The topological polar surface area (TPSA) is 41.9 Å². The predicted octanol–water partition coefficient (Wildman–Crippen LogP) is 2.67. The van der Waals surface area contributed by atoms with Gasteiger partial charge in [0.2, 0.25) is 0 Å². The standard InChI is InChI=1S/C21H27NO3/c1-3-4-11-24-17-8-5-13-12-15-14-6-7-16(23)20-21(14,9-10-22(15)2)18(13)19(17)25-20/h5-8,14-16,20,23H,3-4,9-12H2,1-2H3. The summed E-state index contributed by atoms with van der Waals surface area (Å²) in [5.41, 5.74) is 2.64.